The Labute approximate surface area is 105 Å². The number of nitrogens with zero attached hydrogens (tertiary/aromatic N) is 1. The third kappa shape index (κ3) is 2.70. The smallest absolute Gasteiger partial charge is 0.168 e. The van der Waals surface area contributed by atoms with Crippen LogP contribution in [0.15, 0.2) is 12.1 Å². The third-order valence-corrected chi connectivity index (χ3v) is 2.74. The molecular weight excluding hydrogens is 333 g/mol. The number of nitriles is 1. The Morgan fingerprint density at radius 1 is 1.64 bits per heavy atom. The van der Waals surface area contributed by atoms with Gasteiger partial charge in [-0.2, -0.15) is 5.26 Å². The zero-order valence-corrected chi connectivity index (χ0v) is 10.6. The number of nitrogens with two attached hydrogens (primary N) is 1. The Morgan fingerprint density at radius 2 is 2.29 bits per heavy atom. The molecule has 0 aliphatic carbocycles. The van der Waals surface area contributed by atoms with Crippen LogP contribution in [0, 0.1) is 14.9 Å². The van der Waals surface area contributed by atoms with E-state index < -0.39 is 0 Å². The van der Waals surface area contributed by atoms with Gasteiger partial charge in [-0.1, -0.05) is 11.6 Å². The van der Waals surface area contributed by atoms with E-state index in [1.54, 1.807) is 12.1 Å². The molecule has 0 unspecified atom stereocenters. The van der Waals surface area contributed by atoms with E-state index in [0.717, 1.165) is 3.57 Å². The highest BCUT2D eigenvalue weighted by Gasteiger charge is 2.06. The highest BCUT2D eigenvalue weighted by atomic mass is 127. The topological polar surface area (TPSA) is 61.8 Å². The predicted octanol–water partition coefficient (Wildman–Crippen LogP) is 2.47. The molecular formula is C8H5ClIN3S. The number of thiocarbonyl (C=S) groups is 1. The zero-order valence-electron chi connectivity index (χ0n) is 6.84. The van der Waals surface area contributed by atoms with Crippen molar-refractivity contribution in [2.24, 2.45) is 5.73 Å². The molecule has 3 N–H and O–H groups in total. The van der Waals surface area contributed by atoms with Crippen LogP contribution >= 0.6 is 46.4 Å². The standard InChI is InChI=1S/C8H5ClIN3S/c9-5-2-7(13-8(12)14)6(10)1-4(5)3-11/h1-2H,(H3,12,13,14). The first-order chi connectivity index (χ1) is 6.54. The maximum absolute atomic E-state index is 8.71. The van der Waals surface area contributed by atoms with E-state index in [4.69, 9.17) is 34.8 Å². The maximum Gasteiger partial charge on any atom is 0.168 e. The average Bonchev–Trinajstić information content (AvgIpc) is 2.10. The molecule has 6 heteroatoms. The Kier molecular flexibility index (Phi) is 3.92. The van der Waals surface area contributed by atoms with Gasteiger partial charge < -0.3 is 11.1 Å². The average molecular weight is 338 g/mol. The van der Waals surface area contributed by atoms with Crippen molar-refractivity contribution in [2.75, 3.05) is 5.32 Å². The van der Waals surface area contributed by atoms with Crippen LogP contribution < -0.4 is 11.1 Å². The second-order valence-electron chi connectivity index (χ2n) is 2.41. The summed E-state index contributed by atoms with van der Waals surface area (Å²) < 4.78 is 0.844. The Hall–Kier alpha value is -0.580. The van der Waals surface area contributed by atoms with Gasteiger partial charge in [0, 0.05) is 3.57 Å². The van der Waals surface area contributed by atoms with E-state index in [0.29, 0.717) is 16.3 Å². The predicted molar refractivity (Wildman–Crippen MR) is 69.3 cm³/mol. The monoisotopic (exact) mass is 337 g/mol. The minimum Gasteiger partial charge on any atom is -0.376 e. The van der Waals surface area contributed by atoms with Crippen molar-refractivity contribution >= 4 is 57.2 Å². The van der Waals surface area contributed by atoms with Crippen LogP contribution in [0.3, 0.4) is 0 Å². The summed E-state index contributed by atoms with van der Waals surface area (Å²) >= 11 is 12.6. The summed E-state index contributed by atoms with van der Waals surface area (Å²) in [7, 11) is 0. The molecule has 0 aliphatic rings. The normalized spacial score (nSPS) is 9.21. The van der Waals surface area contributed by atoms with Crippen LogP contribution in [-0.2, 0) is 0 Å². The molecule has 0 radical (unpaired) electrons. The lowest BCUT2D eigenvalue weighted by molar-refractivity contribution is 1.47. The zero-order chi connectivity index (χ0) is 10.7. The Morgan fingerprint density at radius 3 is 2.79 bits per heavy atom. The van der Waals surface area contributed by atoms with Crippen LogP contribution in [0.5, 0.6) is 0 Å². The fourth-order valence-corrected chi connectivity index (χ4v) is 1.78. The number of halogens is 2. The maximum atomic E-state index is 8.71. The van der Waals surface area contributed by atoms with Crippen molar-refractivity contribution in [3.63, 3.8) is 0 Å². The first kappa shape index (κ1) is 11.5. The van der Waals surface area contributed by atoms with Crippen LogP contribution in [0.2, 0.25) is 5.02 Å². The van der Waals surface area contributed by atoms with Gasteiger partial charge in [-0.15, -0.1) is 0 Å². The Bertz CT molecular complexity index is 427. The van der Waals surface area contributed by atoms with Gasteiger partial charge in [0.15, 0.2) is 5.11 Å². The van der Waals surface area contributed by atoms with Gasteiger partial charge >= 0.3 is 0 Å². The van der Waals surface area contributed by atoms with E-state index in [2.05, 4.69) is 27.9 Å². The lowest BCUT2D eigenvalue weighted by atomic mass is 10.2. The number of benzene rings is 1. The van der Waals surface area contributed by atoms with Crippen LogP contribution in [0.1, 0.15) is 5.56 Å². The number of hydrogen-bond acceptors (Lipinski definition) is 2. The minimum atomic E-state index is 0.170. The molecule has 14 heavy (non-hydrogen) atoms. The fraction of sp³-hybridized carbons (Fsp3) is 0. The summed E-state index contributed by atoms with van der Waals surface area (Å²) in [5.41, 5.74) is 6.47. The number of anilines is 1. The number of hydrogen-bond donors (Lipinski definition) is 2. The first-order valence-corrected chi connectivity index (χ1v) is 5.36. The minimum absolute atomic E-state index is 0.170. The largest absolute Gasteiger partial charge is 0.376 e. The van der Waals surface area contributed by atoms with Crippen molar-refractivity contribution in [2.45, 2.75) is 0 Å². The summed E-state index contributed by atoms with van der Waals surface area (Å²) in [5, 5.41) is 12.0. The van der Waals surface area contributed by atoms with Gasteiger partial charge in [-0.05, 0) is 46.9 Å². The molecule has 0 spiro atoms. The van der Waals surface area contributed by atoms with E-state index in [1.807, 2.05) is 6.07 Å². The second-order valence-corrected chi connectivity index (χ2v) is 4.42. The summed E-state index contributed by atoms with van der Waals surface area (Å²) in [5.74, 6) is 0. The summed E-state index contributed by atoms with van der Waals surface area (Å²) in [6.45, 7) is 0. The molecule has 3 nitrogen and oxygen atoms in total. The SMILES string of the molecule is N#Cc1cc(I)c(NC(N)=S)cc1Cl. The Balaban J connectivity index is 3.16. The molecule has 0 aliphatic heterocycles. The third-order valence-electron chi connectivity index (χ3n) is 1.44. The van der Waals surface area contributed by atoms with E-state index in [-0.39, 0.29) is 5.11 Å². The van der Waals surface area contributed by atoms with Gasteiger partial charge in [-0.25, -0.2) is 0 Å². The highest BCUT2D eigenvalue weighted by molar-refractivity contribution is 14.1. The number of rotatable bonds is 1. The lowest BCUT2D eigenvalue weighted by Gasteiger charge is -2.07. The van der Waals surface area contributed by atoms with Crippen molar-refractivity contribution in [3.8, 4) is 6.07 Å². The molecule has 0 saturated carbocycles. The second kappa shape index (κ2) is 4.77. The quantitative estimate of drug-likeness (QED) is 0.610. The highest BCUT2D eigenvalue weighted by Crippen LogP contribution is 2.26. The van der Waals surface area contributed by atoms with E-state index >= 15 is 0 Å². The van der Waals surface area contributed by atoms with Gasteiger partial charge in [-0.3, -0.25) is 0 Å². The first-order valence-electron chi connectivity index (χ1n) is 3.50. The van der Waals surface area contributed by atoms with Crippen molar-refractivity contribution in [1.82, 2.24) is 0 Å². The van der Waals surface area contributed by atoms with Crippen molar-refractivity contribution in [3.05, 3.63) is 26.3 Å². The van der Waals surface area contributed by atoms with Crippen LogP contribution in [0.4, 0.5) is 5.69 Å². The van der Waals surface area contributed by atoms with Gasteiger partial charge in [0.05, 0.1) is 16.3 Å². The summed E-state index contributed by atoms with van der Waals surface area (Å²) in [6.07, 6.45) is 0. The van der Waals surface area contributed by atoms with Gasteiger partial charge in [0.25, 0.3) is 0 Å². The lowest BCUT2D eigenvalue weighted by Crippen LogP contribution is -2.19. The molecule has 0 aromatic heterocycles. The molecule has 0 saturated heterocycles. The molecule has 72 valence electrons. The van der Waals surface area contributed by atoms with E-state index in [1.165, 1.54) is 0 Å². The molecule has 0 amide bonds. The van der Waals surface area contributed by atoms with Crippen molar-refractivity contribution < 1.29 is 0 Å². The molecule has 1 aromatic rings. The van der Waals surface area contributed by atoms with Crippen LogP contribution in [-0.4, -0.2) is 5.11 Å². The fourth-order valence-electron chi connectivity index (χ4n) is 0.861. The molecule has 0 bridgehead atoms. The molecule has 0 fully saturated rings. The van der Waals surface area contributed by atoms with Crippen molar-refractivity contribution in [1.29, 1.82) is 5.26 Å². The summed E-state index contributed by atoms with van der Waals surface area (Å²) in [4.78, 5) is 0. The van der Waals surface area contributed by atoms with Crippen LogP contribution in [0.25, 0.3) is 0 Å². The molecule has 1 aromatic carbocycles. The van der Waals surface area contributed by atoms with E-state index in [9.17, 15) is 0 Å². The van der Waals surface area contributed by atoms with Gasteiger partial charge in [0.1, 0.15) is 6.07 Å². The summed E-state index contributed by atoms with van der Waals surface area (Å²) in [6, 6.07) is 5.28. The molecule has 0 atom stereocenters. The number of nitrogens with one attached hydrogen (secondary N) is 1. The molecule has 0 heterocycles. The molecule has 1 rings (SSSR count). The van der Waals surface area contributed by atoms with Gasteiger partial charge in [0.2, 0.25) is 0 Å².